The van der Waals surface area contributed by atoms with Crippen molar-refractivity contribution in [2.45, 2.75) is 13.0 Å². The first kappa shape index (κ1) is 14.5. The van der Waals surface area contributed by atoms with E-state index in [1.807, 2.05) is 30.3 Å². The summed E-state index contributed by atoms with van der Waals surface area (Å²) in [5.74, 6) is 0.866. The number of anilines is 1. The van der Waals surface area contributed by atoms with Crippen LogP contribution in [-0.2, 0) is 11.3 Å². The number of nitrogens with two attached hydrogens (primary N) is 1. The molecular formula is C16H21N3O. The highest BCUT2D eigenvalue weighted by molar-refractivity contribution is 5.62. The predicted molar refractivity (Wildman–Crippen MR) is 82.5 cm³/mol. The monoisotopic (exact) mass is 271 g/mol. The normalized spacial score (nSPS) is 10.5. The summed E-state index contributed by atoms with van der Waals surface area (Å²) in [4.78, 5) is 4.68. The molecule has 0 unspecified atom stereocenters. The number of pyridine rings is 1. The van der Waals surface area contributed by atoms with E-state index in [9.17, 15) is 0 Å². The van der Waals surface area contributed by atoms with Crippen LogP contribution >= 0.6 is 0 Å². The van der Waals surface area contributed by atoms with Gasteiger partial charge in [-0.15, -0.1) is 0 Å². The third kappa shape index (κ3) is 3.79. The number of methoxy groups -OCH3 is 1. The summed E-state index contributed by atoms with van der Waals surface area (Å²) in [7, 11) is 1.71. The summed E-state index contributed by atoms with van der Waals surface area (Å²) in [5.41, 5.74) is 8.86. The minimum atomic E-state index is 0.481. The van der Waals surface area contributed by atoms with Crippen molar-refractivity contribution in [1.82, 2.24) is 4.98 Å². The number of nitrogens with one attached hydrogen (secondary N) is 1. The molecule has 4 nitrogen and oxygen atoms in total. The Morgan fingerprint density at radius 3 is 2.65 bits per heavy atom. The number of hydrogen-bond acceptors (Lipinski definition) is 4. The Hall–Kier alpha value is -1.91. The molecule has 4 heteroatoms. The zero-order valence-corrected chi connectivity index (χ0v) is 11.8. The van der Waals surface area contributed by atoms with Gasteiger partial charge in [-0.25, -0.2) is 4.98 Å². The highest BCUT2D eigenvalue weighted by atomic mass is 16.5. The molecule has 2 aromatic rings. The van der Waals surface area contributed by atoms with Gasteiger partial charge in [-0.2, -0.15) is 0 Å². The molecular weight excluding hydrogens is 250 g/mol. The molecule has 1 heterocycles. The Bertz CT molecular complexity index is 529. The number of nitrogens with zero attached hydrogens (tertiary/aromatic N) is 1. The molecule has 0 aliphatic rings. The molecule has 0 atom stereocenters. The van der Waals surface area contributed by atoms with Crippen LogP contribution in [0.3, 0.4) is 0 Å². The van der Waals surface area contributed by atoms with Crippen molar-refractivity contribution >= 4 is 5.82 Å². The van der Waals surface area contributed by atoms with E-state index in [0.717, 1.165) is 42.2 Å². The summed E-state index contributed by atoms with van der Waals surface area (Å²) >= 11 is 0. The van der Waals surface area contributed by atoms with Gasteiger partial charge in [-0.1, -0.05) is 36.4 Å². The smallest absolute Gasteiger partial charge is 0.131 e. The third-order valence-corrected chi connectivity index (χ3v) is 3.09. The lowest BCUT2D eigenvalue weighted by atomic mass is 10.1. The van der Waals surface area contributed by atoms with E-state index in [1.165, 1.54) is 0 Å². The molecule has 3 N–H and O–H groups in total. The largest absolute Gasteiger partial charge is 0.385 e. The van der Waals surface area contributed by atoms with E-state index >= 15 is 0 Å². The third-order valence-electron chi connectivity index (χ3n) is 3.09. The van der Waals surface area contributed by atoms with Crippen LogP contribution in [0.25, 0.3) is 11.3 Å². The summed E-state index contributed by atoms with van der Waals surface area (Å²) in [6.07, 6.45) is 0.942. The van der Waals surface area contributed by atoms with Gasteiger partial charge < -0.3 is 15.8 Å². The van der Waals surface area contributed by atoms with Crippen molar-refractivity contribution in [3.05, 3.63) is 48.0 Å². The van der Waals surface area contributed by atoms with E-state index in [-0.39, 0.29) is 0 Å². The van der Waals surface area contributed by atoms with Crippen LogP contribution in [-0.4, -0.2) is 25.2 Å². The van der Waals surface area contributed by atoms with Gasteiger partial charge in [0.2, 0.25) is 0 Å². The van der Waals surface area contributed by atoms with Crippen molar-refractivity contribution in [2.75, 3.05) is 25.6 Å². The second kappa shape index (κ2) is 7.62. The Morgan fingerprint density at radius 2 is 1.95 bits per heavy atom. The summed E-state index contributed by atoms with van der Waals surface area (Å²) < 4.78 is 5.04. The molecule has 1 aromatic heterocycles. The number of hydrogen-bond donors (Lipinski definition) is 2. The second-order valence-corrected chi connectivity index (χ2v) is 4.55. The Balaban J connectivity index is 2.16. The van der Waals surface area contributed by atoms with Gasteiger partial charge in [0.1, 0.15) is 5.82 Å². The summed E-state index contributed by atoms with van der Waals surface area (Å²) in [6, 6.07) is 14.2. The fourth-order valence-corrected chi connectivity index (χ4v) is 2.00. The molecule has 1 aromatic carbocycles. The van der Waals surface area contributed by atoms with Crippen LogP contribution in [0, 0.1) is 0 Å². The second-order valence-electron chi connectivity index (χ2n) is 4.55. The lowest BCUT2D eigenvalue weighted by Gasteiger charge is -2.12. The zero-order valence-electron chi connectivity index (χ0n) is 11.8. The first-order valence-electron chi connectivity index (χ1n) is 6.83. The number of ether oxygens (including phenoxy) is 1. The van der Waals surface area contributed by atoms with Crippen molar-refractivity contribution in [1.29, 1.82) is 0 Å². The van der Waals surface area contributed by atoms with E-state index in [2.05, 4.69) is 22.4 Å². The van der Waals surface area contributed by atoms with E-state index < -0.39 is 0 Å². The zero-order chi connectivity index (χ0) is 14.2. The predicted octanol–water partition coefficient (Wildman–Crippen LogP) is 2.66. The Labute approximate surface area is 120 Å². The van der Waals surface area contributed by atoms with Gasteiger partial charge in [-0.05, 0) is 12.5 Å². The fourth-order valence-electron chi connectivity index (χ4n) is 2.00. The average Bonchev–Trinajstić information content (AvgIpc) is 2.52. The standard InChI is InChI=1S/C16H21N3O/c1-20-11-5-10-18-16-14(12-17)8-9-15(19-16)13-6-3-2-4-7-13/h2-4,6-9H,5,10-12,17H2,1H3,(H,18,19). The van der Waals surface area contributed by atoms with Gasteiger partial charge in [0.15, 0.2) is 0 Å². The lowest BCUT2D eigenvalue weighted by molar-refractivity contribution is 0.197. The highest BCUT2D eigenvalue weighted by Gasteiger charge is 2.05. The van der Waals surface area contributed by atoms with Gasteiger partial charge in [0.05, 0.1) is 5.69 Å². The van der Waals surface area contributed by atoms with Crippen molar-refractivity contribution < 1.29 is 4.74 Å². The van der Waals surface area contributed by atoms with Crippen molar-refractivity contribution in [3.63, 3.8) is 0 Å². The summed E-state index contributed by atoms with van der Waals surface area (Å²) in [6.45, 7) is 2.05. The summed E-state index contributed by atoms with van der Waals surface area (Å²) in [5, 5.41) is 3.34. The first-order valence-corrected chi connectivity index (χ1v) is 6.83. The van der Waals surface area contributed by atoms with Gasteiger partial charge in [0.25, 0.3) is 0 Å². The molecule has 0 bridgehead atoms. The number of rotatable bonds is 7. The maximum absolute atomic E-state index is 5.77. The van der Waals surface area contributed by atoms with E-state index in [0.29, 0.717) is 6.54 Å². The van der Waals surface area contributed by atoms with Gasteiger partial charge >= 0.3 is 0 Å². The van der Waals surface area contributed by atoms with Crippen LogP contribution in [0.2, 0.25) is 0 Å². The van der Waals surface area contributed by atoms with Crippen LogP contribution < -0.4 is 11.1 Å². The molecule has 0 saturated heterocycles. The van der Waals surface area contributed by atoms with Crippen LogP contribution in [0.5, 0.6) is 0 Å². The lowest BCUT2D eigenvalue weighted by Crippen LogP contribution is -2.10. The molecule has 0 radical (unpaired) electrons. The van der Waals surface area contributed by atoms with Crippen LogP contribution in [0.4, 0.5) is 5.82 Å². The topological polar surface area (TPSA) is 60.2 Å². The quantitative estimate of drug-likeness (QED) is 0.760. The van der Waals surface area contributed by atoms with E-state index in [4.69, 9.17) is 10.5 Å². The molecule has 106 valence electrons. The first-order chi connectivity index (χ1) is 9.85. The molecule has 0 aliphatic carbocycles. The van der Waals surface area contributed by atoms with Crippen molar-refractivity contribution in [3.8, 4) is 11.3 Å². The fraction of sp³-hybridized carbons (Fsp3) is 0.312. The molecule has 2 rings (SSSR count). The molecule has 0 spiro atoms. The molecule has 0 amide bonds. The number of benzene rings is 1. The van der Waals surface area contributed by atoms with Gasteiger partial charge in [-0.3, -0.25) is 0 Å². The average molecular weight is 271 g/mol. The van der Waals surface area contributed by atoms with Crippen LogP contribution in [0.15, 0.2) is 42.5 Å². The Morgan fingerprint density at radius 1 is 1.15 bits per heavy atom. The van der Waals surface area contributed by atoms with Crippen LogP contribution in [0.1, 0.15) is 12.0 Å². The molecule has 20 heavy (non-hydrogen) atoms. The SMILES string of the molecule is COCCCNc1nc(-c2ccccc2)ccc1CN. The number of aromatic nitrogens is 1. The Kier molecular flexibility index (Phi) is 5.53. The maximum atomic E-state index is 5.77. The molecule has 0 fully saturated rings. The molecule has 0 aliphatic heterocycles. The van der Waals surface area contributed by atoms with E-state index in [1.54, 1.807) is 7.11 Å². The minimum Gasteiger partial charge on any atom is -0.385 e. The van der Waals surface area contributed by atoms with Gasteiger partial charge in [0, 0.05) is 37.9 Å². The highest BCUT2D eigenvalue weighted by Crippen LogP contribution is 2.21. The maximum Gasteiger partial charge on any atom is 0.131 e. The molecule has 0 saturated carbocycles. The minimum absolute atomic E-state index is 0.481. The van der Waals surface area contributed by atoms with Crippen molar-refractivity contribution in [2.24, 2.45) is 5.73 Å².